The van der Waals surface area contributed by atoms with E-state index in [1.54, 1.807) is 36.8 Å². The Balaban J connectivity index is 0.000000124. The Kier molecular flexibility index (Phi) is 8.13. The maximum Gasteiger partial charge on any atom is 0.155 e. The molecule has 0 bridgehead atoms. The molecule has 0 radical (unpaired) electrons. The van der Waals surface area contributed by atoms with Crippen LogP contribution in [0.15, 0.2) is 97.5 Å². The Morgan fingerprint density at radius 2 is 1.03 bits per heavy atom. The summed E-state index contributed by atoms with van der Waals surface area (Å²) in [5.74, 6) is 0.753. The molecular formula is C27H19I2N3O3. The van der Waals surface area contributed by atoms with E-state index < -0.39 is 0 Å². The fraction of sp³-hybridized carbons (Fsp3) is 0. The van der Waals surface area contributed by atoms with Crippen molar-refractivity contribution in [2.75, 3.05) is 0 Å². The average molecular weight is 687 g/mol. The van der Waals surface area contributed by atoms with Crippen LogP contribution in [-0.4, -0.2) is 30.3 Å². The zero-order chi connectivity index (χ0) is 24.8. The molecule has 0 saturated carbocycles. The van der Waals surface area contributed by atoms with Gasteiger partial charge in [0.05, 0.1) is 3.57 Å². The first-order valence-corrected chi connectivity index (χ1v) is 12.6. The summed E-state index contributed by atoms with van der Waals surface area (Å²) in [5, 5.41) is 31.3. The Labute approximate surface area is 228 Å². The molecule has 0 unspecified atom stereocenters. The van der Waals surface area contributed by atoms with Crippen LogP contribution in [0.1, 0.15) is 0 Å². The maximum absolute atomic E-state index is 9.59. The molecule has 0 atom stereocenters. The predicted octanol–water partition coefficient (Wildman–Crippen LogP) is 7.03. The Morgan fingerprint density at radius 3 is 1.71 bits per heavy atom. The lowest BCUT2D eigenvalue weighted by molar-refractivity contribution is 0.476. The van der Waals surface area contributed by atoms with Gasteiger partial charge in [-0.3, -0.25) is 15.0 Å². The van der Waals surface area contributed by atoms with E-state index in [4.69, 9.17) is 0 Å². The molecule has 6 aromatic rings. The van der Waals surface area contributed by atoms with E-state index in [1.165, 1.54) is 0 Å². The van der Waals surface area contributed by atoms with Crippen LogP contribution >= 0.6 is 45.2 Å². The van der Waals surface area contributed by atoms with Gasteiger partial charge in [0.2, 0.25) is 0 Å². The smallest absolute Gasteiger partial charge is 0.155 e. The lowest BCUT2D eigenvalue weighted by Crippen LogP contribution is -1.81. The standard InChI is InChI=1S/2C9H6INO.C9H7NO/c10-7-3-4-8(12)9-6(7)2-1-5-11-9;10-7-4-3-6-2-1-5-11-8(6)9(7)12;11-8-5-1-3-7-4-2-6-10-9(7)8/h2*1-5,12H;1-6,11H. The van der Waals surface area contributed by atoms with Gasteiger partial charge in [-0.05, 0) is 87.6 Å². The average Bonchev–Trinajstić information content (AvgIpc) is 2.90. The number of hydrogen-bond acceptors (Lipinski definition) is 6. The second kappa shape index (κ2) is 11.5. The van der Waals surface area contributed by atoms with E-state index in [1.807, 2.05) is 60.7 Å². The third-order valence-electron chi connectivity index (χ3n) is 5.01. The van der Waals surface area contributed by atoms with Crippen molar-refractivity contribution in [1.82, 2.24) is 15.0 Å². The van der Waals surface area contributed by atoms with Gasteiger partial charge in [0.1, 0.15) is 28.0 Å². The molecule has 3 heterocycles. The molecule has 174 valence electrons. The minimum Gasteiger partial charge on any atom is -0.506 e. The van der Waals surface area contributed by atoms with Crippen LogP contribution in [0, 0.1) is 7.14 Å². The van der Waals surface area contributed by atoms with E-state index in [0.29, 0.717) is 16.6 Å². The SMILES string of the molecule is Oc1c(I)ccc2cccnc12.Oc1ccc(I)c2cccnc12.Oc1cccc2cccnc12. The number of phenolic OH excluding ortho intramolecular Hbond substituents is 3. The molecule has 0 saturated heterocycles. The quantitative estimate of drug-likeness (QED) is 0.149. The third-order valence-corrected chi connectivity index (χ3v) is 6.82. The molecule has 0 aliphatic heterocycles. The number of hydrogen-bond donors (Lipinski definition) is 3. The van der Waals surface area contributed by atoms with Gasteiger partial charge in [-0.25, -0.2) is 0 Å². The highest BCUT2D eigenvalue weighted by Gasteiger charge is 2.03. The predicted molar refractivity (Wildman–Crippen MR) is 156 cm³/mol. The first-order valence-electron chi connectivity index (χ1n) is 10.4. The number of aromatic hydroxyl groups is 3. The molecule has 3 aromatic heterocycles. The van der Waals surface area contributed by atoms with Gasteiger partial charge in [0.15, 0.2) is 5.75 Å². The van der Waals surface area contributed by atoms with E-state index in [0.717, 1.165) is 23.3 Å². The number of phenols is 3. The Morgan fingerprint density at radius 1 is 0.486 bits per heavy atom. The third kappa shape index (κ3) is 5.88. The molecule has 0 fully saturated rings. The minimum atomic E-state index is 0.239. The van der Waals surface area contributed by atoms with Crippen LogP contribution in [0.5, 0.6) is 17.2 Å². The number of pyridine rings is 3. The van der Waals surface area contributed by atoms with Gasteiger partial charge in [-0.15, -0.1) is 0 Å². The normalized spacial score (nSPS) is 10.3. The second-order valence-electron chi connectivity index (χ2n) is 7.29. The highest BCUT2D eigenvalue weighted by atomic mass is 127. The lowest BCUT2D eigenvalue weighted by Gasteiger charge is -2.00. The topological polar surface area (TPSA) is 99.4 Å². The Hall–Kier alpha value is -3.25. The van der Waals surface area contributed by atoms with Crippen LogP contribution in [0.3, 0.4) is 0 Å². The summed E-state index contributed by atoms with van der Waals surface area (Å²) in [7, 11) is 0. The number of fused-ring (bicyclic) bond motifs is 3. The summed E-state index contributed by atoms with van der Waals surface area (Å²) in [5.41, 5.74) is 2.00. The highest BCUT2D eigenvalue weighted by Crippen LogP contribution is 2.28. The second-order valence-corrected chi connectivity index (χ2v) is 9.61. The number of para-hydroxylation sites is 1. The number of nitrogens with zero attached hydrogens (tertiary/aromatic N) is 3. The van der Waals surface area contributed by atoms with Crippen molar-refractivity contribution in [1.29, 1.82) is 0 Å². The molecule has 0 spiro atoms. The van der Waals surface area contributed by atoms with E-state index in [9.17, 15) is 15.3 Å². The monoisotopic (exact) mass is 687 g/mol. The number of halogens is 2. The largest absolute Gasteiger partial charge is 0.506 e. The molecule has 6 nitrogen and oxygen atoms in total. The van der Waals surface area contributed by atoms with Gasteiger partial charge in [0, 0.05) is 38.3 Å². The van der Waals surface area contributed by atoms with Gasteiger partial charge >= 0.3 is 0 Å². The van der Waals surface area contributed by atoms with Crippen LogP contribution in [-0.2, 0) is 0 Å². The summed E-state index contributed by atoms with van der Waals surface area (Å²) in [4.78, 5) is 12.2. The fourth-order valence-electron chi connectivity index (χ4n) is 3.32. The van der Waals surface area contributed by atoms with E-state index in [2.05, 4.69) is 60.1 Å². The maximum atomic E-state index is 9.59. The number of aromatic nitrogens is 3. The summed E-state index contributed by atoms with van der Waals surface area (Å²) < 4.78 is 1.94. The number of rotatable bonds is 0. The van der Waals surface area contributed by atoms with Crippen LogP contribution in [0.4, 0.5) is 0 Å². The van der Waals surface area contributed by atoms with Crippen molar-refractivity contribution in [2.45, 2.75) is 0 Å². The molecule has 3 N–H and O–H groups in total. The molecule has 8 heteroatoms. The van der Waals surface area contributed by atoms with Crippen LogP contribution in [0.2, 0.25) is 0 Å². The Bertz CT molecular complexity index is 1570. The molecule has 3 aromatic carbocycles. The van der Waals surface area contributed by atoms with Crippen molar-refractivity contribution in [3.05, 3.63) is 105 Å². The number of benzene rings is 3. The molecule has 35 heavy (non-hydrogen) atoms. The zero-order valence-corrected chi connectivity index (χ0v) is 22.5. The van der Waals surface area contributed by atoms with Gasteiger partial charge in [-0.1, -0.05) is 36.4 Å². The minimum absolute atomic E-state index is 0.239. The van der Waals surface area contributed by atoms with Gasteiger partial charge in [0.25, 0.3) is 0 Å². The van der Waals surface area contributed by atoms with Crippen molar-refractivity contribution in [3.8, 4) is 17.2 Å². The molecule has 6 rings (SSSR count). The summed E-state index contributed by atoms with van der Waals surface area (Å²) in [6.45, 7) is 0. The van der Waals surface area contributed by atoms with Gasteiger partial charge in [-0.2, -0.15) is 0 Å². The first kappa shape index (κ1) is 24.9. The molecule has 0 aliphatic carbocycles. The molecule has 0 amide bonds. The van der Waals surface area contributed by atoms with Crippen molar-refractivity contribution in [3.63, 3.8) is 0 Å². The lowest BCUT2D eigenvalue weighted by atomic mass is 10.2. The fourth-order valence-corrected chi connectivity index (χ4v) is 4.37. The van der Waals surface area contributed by atoms with Gasteiger partial charge < -0.3 is 15.3 Å². The summed E-state index contributed by atoms with van der Waals surface area (Å²) in [6.07, 6.45) is 5.03. The van der Waals surface area contributed by atoms with Crippen molar-refractivity contribution >= 4 is 77.9 Å². The molecular weight excluding hydrogens is 668 g/mol. The zero-order valence-electron chi connectivity index (χ0n) is 18.2. The van der Waals surface area contributed by atoms with E-state index >= 15 is 0 Å². The van der Waals surface area contributed by atoms with Crippen molar-refractivity contribution < 1.29 is 15.3 Å². The summed E-state index contributed by atoms with van der Waals surface area (Å²) in [6, 6.07) is 24.1. The highest BCUT2D eigenvalue weighted by molar-refractivity contribution is 14.1. The van der Waals surface area contributed by atoms with Crippen LogP contribution < -0.4 is 0 Å². The summed E-state index contributed by atoms with van der Waals surface area (Å²) >= 11 is 4.31. The van der Waals surface area contributed by atoms with Crippen molar-refractivity contribution in [2.24, 2.45) is 0 Å². The molecule has 0 aliphatic rings. The van der Waals surface area contributed by atoms with E-state index in [-0.39, 0.29) is 17.2 Å². The van der Waals surface area contributed by atoms with Crippen LogP contribution in [0.25, 0.3) is 32.7 Å². The first-order chi connectivity index (χ1) is 17.0.